The molecule has 0 aromatic rings. The Balaban J connectivity index is 1.56. The van der Waals surface area contributed by atoms with Crippen molar-refractivity contribution in [1.82, 2.24) is 19.6 Å². The molecule has 3 heterocycles. The number of rotatable bonds is 1. The molecule has 0 N–H and O–H groups in total. The normalized spacial score (nSPS) is 29.0. The van der Waals surface area contributed by atoms with E-state index in [1.165, 1.54) is 0 Å². The Morgan fingerprint density at radius 1 is 1.05 bits per heavy atom. The molecule has 3 rings (SSSR count). The first-order valence-electron chi connectivity index (χ1n) is 7.57. The first kappa shape index (κ1) is 13.7. The van der Waals surface area contributed by atoms with Gasteiger partial charge in [-0.1, -0.05) is 0 Å². The molecule has 20 heavy (non-hydrogen) atoms. The van der Waals surface area contributed by atoms with Crippen LogP contribution in [-0.2, 0) is 4.79 Å². The van der Waals surface area contributed by atoms with Gasteiger partial charge in [-0.3, -0.25) is 9.69 Å². The summed E-state index contributed by atoms with van der Waals surface area (Å²) in [7, 11) is 1.89. The zero-order valence-electron chi connectivity index (χ0n) is 12.4. The zero-order chi connectivity index (χ0) is 14.3. The van der Waals surface area contributed by atoms with Gasteiger partial charge in [-0.15, -0.1) is 0 Å². The molecule has 0 aromatic carbocycles. The van der Waals surface area contributed by atoms with Crippen LogP contribution in [0.3, 0.4) is 0 Å². The molecule has 0 spiro atoms. The highest BCUT2D eigenvalue weighted by Crippen LogP contribution is 2.24. The summed E-state index contributed by atoms with van der Waals surface area (Å²) in [5, 5.41) is 0. The maximum absolute atomic E-state index is 11.9. The smallest absolute Gasteiger partial charge is 0.320 e. The first-order chi connectivity index (χ1) is 9.56. The number of nitrogens with zero attached hydrogens (tertiary/aromatic N) is 4. The average Bonchev–Trinajstić information content (AvgIpc) is 2.74. The van der Waals surface area contributed by atoms with Crippen LogP contribution in [0.15, 0.2) is 0 Å². The van der Waals surface area contributed by atoms with Crippen molar-refractivity contribution in [3.05, 3.63) is 0 Å². The lowest BCUT2D eigenvalue weighted by molar-refractivity contribution is -0.130. The van der Waals surface area contributed by atoms with Gasteiger partial charge in [-0.2, -0.15) is 0 Å². The van der Waals surface area contributed by atoms with Gasteiger partial charge in [0, 0.05) is 59.3 Å². The molecule has 3 saturated heterocycles. The summed E-state index contributed by atoms with van der Waals surface area (Å²) in [6, 6.07) is 1.11. The van der Waals surface area contributed by atoms with E-state index in [9.17, 15) is 9.59 Å². The molecule has 6 nitrogen and oxygen atoms in total. The lowest BCUT2D eigenvalue weighted by Crippen LogP contribution is -2.57. The third kappa shape index (κ3) is 2.37. The number of carbonyl (C=O) groups is 2. The maximum atomic E-state index is 11.9. The molecule has 3 fully saturated rings. The molecule has 112 valence electrons. The Kier molecular flexibility index (Phi) is 3.58. The van der Waals surface area contributed by atoms with Crippen molar-refractivity contribution in [1.29, 1.82) is 0 Å². The topological polar surface area (TPSA) is 47.1 Å². The number of likely N-dealkylation sites (tertiary alicyclic amines) is 1. The van der Waals surface area contributed by atoms with Gasteiger partial charge in [0.15, 0.2) is 0 Å². The second-order valence-electron chi connectivity index (χ2n) is 6.24. The fraction of sp³-hybridized carbons (Fsp3) is 0.857. The van der Waals surface area contributed by atoms with Gasteiger partial charge in [0.25, 0.3) is 0 Å². The lowest BCUT2D eigenvalue weighted by Gasteiger charge is -2.43. The van der Waals surface area contributed by atoms with Crippen molar-refractivity contribution in [3.63, 3.8) is 0 Å². The van der Waals surface area contributed by atoms with Gasteiger partial charge in [0.2, 0.25) is 5.91 Å². The quantitative estimate of drug-likeness (QED) is 0.682. The van der Waals surface area contributed by atoms with Crippen molar-refractivity contribution in [2.24, 2.45) is 0 Å². The summed E-state index contributed by atoms with van der Waals surface area (Å²) >= 11 is 0. The fourth-order valence-corrected chi connectivity index (χ4v) is 3.78. The summed E-state index contributed by atoms with van der Waals surface area (Å²) < 4.78 is 0. The molecule has 3 aliphatic rings. The molecule has 0 saturated carbocycles. The summed E-state index contributed by atoms with van der Waals surface area (Å²) in [6.07, 6.45) is 2.13. The number of amides is 3. The average molecular weight is 280 g/mol. The van der Waals surface area contributed by atoms with Gasteiger partial charge < -0.3 is 14.7 Å². The van der Waals surface area contributed by atoms with E-state index in [1.54, 1.807) is 6.92 Å². The van der Waals surface area contributed by atoms with Gasteiger partial charge in [0.1, 0.15) is 0 Å². The number of fused-ring (bicyclic) bond motifs is 1. The van der Waals surface area contributed by atoms with E-state index in [1.807, 2.05) is 21.7 Å². The van der Waals surface area contributed by atoms with Crippen molar-refractivity contribution in [2.75, 3.05) is 46.3 Å². The van der Waals surface area contributed by atoms with Crippen molar-refractivity contribution in [2.45, 2.75) is 31.8 Å². The lowest BCUT2D eigenvalue weighted by atomic mass is 10.0. The molecule has 0 unspecified atom stereocenters. The minimum Gasteiger partial charge on any atom is -0.343 e. The Morgan fingerprint density at radius 2 is 1.75 bits per heavy atom. The summed E-state index contributed by atoms with van der Waals surface area (Å²) in [4.78, 5) is 31.6. The SMILES string of the molecule is CC(=O)N1CCC(N2CCN3C(=O)N(C)C[C@H]3C2)CC1. The zero-order valence-corrected chi connectivity index (χ0v) is 12.4. The third-order valence-electron chi connectivity index (χ3n) is 5.00. The third-order valence-corrected chi connectivity index (χ3v) is 5.00. The van der Waals surface area contributed by atoms with E-state index < -0.39 is 0 Å². The maximum Gasteiger partial charge on any atom is 0.320 e. The van der Waals surface area contributed by atoms with E-state index in [2.05, 4.69) is 4.90 Å². The minimum absolute atomic E-state index is 0.182. The Bertz CT molecular complexity index is 406. The minimum atomic E-state index is 0.182. The number of piperazine rings is 1. The Labute approximate surface area is 120 Å². The number of hydrogen-bond acceptors (Lipinski definition) is 3. The Morgan fingerprint density at radius 3 is 2.40 bits per heavy atom. The summed E-state index contributed by atoms with van der Waals surface area (Å²) in [6.45, 7) is 7.07. The molecule has 3 amide bonds. The van der Waals surface area contributed by atoms with Crippen LogP contribution in [0, 0.1) is 0 Å². The molecule has 0 aromatic heterocycles. The van der Waals surface area contributed by atoms with E-state index in [4.69, 9.17) is 0 Å². The standard InChI is InChI=1S/C14H24N4O2/c1-11(19)16-5-3-12(4-6-16)17-7-8-18-13(10-17)9-15(2)14(18)20/h12-13H,3-10H2,1-2H3/t13-/m0/s1. The number of piperidine rings is 1. The van der Waals surface area contributed by atoms with Crippen LogP contribution >= 0.6 is 0 Å². The highest BCUT2D eigenvalue weighted by atomic mass is 16.2. The van der Waals surface area contributed by atoms with Gasteiger partial charge in [0.05, 0.1) is 6.04 Å². The molecule has 0 aliphatic carbocycles. The number of carbonyl (C=O) groups excluding carboxylic acids is 2. The summed E-state index contributed by atoms with van der Waals surface area (Å²) in [5.41, 5.74) is 0. The molecule has 3 aliphatic heterocycles. The monoisotopic (exact) mass is 280 g/mol. The van der Waals surface area contributed by atoms with Crippen molar-refractivity contribution < 1.29 is 9.59 Å². The van der Waals surface area contributed by atoms with Crippen LogP contribution in [0.1, 0.15) is 19.8 Å². The number of likely N-dealkylation sites (N-methyl/N-ethyl adjacent to an activating group) is 1. The van der Waals surface area contributed by atoms with Crippen LogP contribution in [0.5, 0.6) is 0 Å². The van der Waals surface area contributed by atoms with E-state index in [0.717, 1.165) is 52.1 Å². The van der Waals surface area contributed by atoms with E-state index in [0.29, 0.717) is 12.1 Å². The first-order valence-corrected chi connectivity index (χ1v) is 7.57. The van der Waals surface area contributed by atoms with Crippen molar-refractivity contribution >= 4 is 11.9 Å². The van der Waals surface area contributed by atoms with Crippen LogP contribution < -0.4 is 0 Å². The Hall–Kier alpha value is -1.30. The highest BCUT2D eigenvalue weighted by molar-refractivity contribution is 5.77. The predicted octanol–water partition coefficient (Wildman–Crippen LogP) is 0.0489. The largest absolute Gasteiger partial charge is 0.343 e. The second kappa shape index (κ2) is 5.24. The highest BCUT2D eigenvalue weighted by Gasteiger charge is 2.40. The predicted molar refractivity (Wildman–Crippen MR) is 75.4 cm³/mol. The fourth-order valence-electron chi connectivity index (χ4n) is 3.78. The van der Waals surface area contributed by atoms with Crippen LogP contribution in [0.2, 0.25) is 0 Å². The van der Waals surface area contributed by atoms with Gasteiger partial charge in [-0.25, -0.2) is 4.79 Å². The van der Waals surface area contributed by atoms with E-state index >= 15 is 0 Å². The molecule has 0 radical (unpaired) electrons. The number of urea groups is 1. The van der Waals surface area contributed by atoms with Crippen LogP contribution in [0.4, 0.5) is 4.79 Å². The molecule has 1 atom stereocenters. The van der Waals surface area contributed by atoms with Crippen molar-refractivity contribution in [3.8, 4) is 0 Å². The van der Waals surface area contributed by atoms with Gasteiger partial charge in [-0.05, 0) is 12.8 Å². The second-order valence-corrected chi connectivity index (χ2v) is 6.24. The van der Waals surface area contributed by atoms with Crippen LogP contribution in [-0.4, -0.2) is 89.9 Å². The van der Waals surface area contributed by atoms with Gasteiger partial charge >= 0.3 is 6.03 Å². The van der Waals surface area contributed by atoms with Crippen LogP contribution in [0.25, 0.3) is 0 Å². The van der Waals surface area contributed by atoms with E-state index in [-0.39, 0.29) is 11.9 Å². The summed E-state index contributed by atoms with van der Waals surface area (Å²) in [5.74, 6) is 0.191. The molecular weight excluding hydrogens is 256 g/mol. The molecule has 0 bridgehead atoms. The molecule has 6 heteroatoms. The number of hydrogen-bond donors (Lipinski definition) is 0. The molecular formula is C14H24N4O2.